The zero-order valence-electron chi connectivity index (χ0n) is 9.44. The van der Waals surface area contributed by atoms with E-state index in [1.54, 1.807) is 0 Å². The van der Waals surface area contributed by atoms with Gasteiger partial charge in [-0.2, -0.15) is 0 Å². The fraction of sp³-hybridized carbons (Fsp3) is 0.556. The van der Waals surface area contributed by atoms with Crippen LogP contribution in [0.25, 0.3) is 0 Å². The maximum atomic E-state index is 11.4. The molecule has 0 aromatic rings. The van der Waals surface area contributed by atoms with Gasteiger partial charge in [0, 0.05) is 0 Å². The van der Waals surface area contributed by atoms with Crippen LogP contribution in [0.2, 0.25) is 0 Å². The molecule has 0 saturated carbocycles. The third-order valence-corrected chi connectivity index (χ3v) is 2.43. The van der Waals surface area contributed by atoms with E-state index in [1.807, 2.05) is 0 Å². The van der Waals surface area contributed by atoms with Gasteiger partial charge >= 0.3 is 12.0 Å². The Balaban J connectivity index is 2.62. The summed E-state index contributed by atoms with van der Waals surface area (Å²) in [5, 5.41) is 12.5. The molecule has 0 spiro atoms. The van der Waals surface area contributed by atoms with Gasteiger partial charge in [-0.3, -0.25) is 19.7 Å². The van der Waals surface area contributed by atoms with Crippen LogP contribution in [-0.2, 0) is 14.4 Å². The number of hydrogen-bond donors (Lipinski definition) is 3. The van der Waals surface area contributed by atoms with Crippen molar-refractivity contribution in [2.24, 2.45) is 0 Å². The molecule has 1 aliphatic heterocycles. The number of amides is 4. The number of carbonyl (C=O) groups is 4. The van der Waals surface area contributed by atoms with Crippen molar-refractivity contribution in [2.45, 2.75) is 19.4 Å². The van der Waals surface area contributed by atoms with E-state index in [0.717, 1.165) is 4.90 Å². The SMILES string of the molecule is CC1(C)C(=O)NC(=O)N1CC(=O)NCC(=O)O. The Morgan fingerprint density at radius 2 is 2.00 bits per heavy atom. The largest absolute Gasteiger partial charge is 0.480 e. The molecule has 1 heterocycles. The van der Waals surface area contributed by atoms with Gasteiger partial charge in [-0.1, -0.05) is 0 Å². The Labute approximate surface area is 97.0 Å². The van der Waals surface area contributed by atoms with Gasteiger partial charge in [0.2, 0.25) is 5.91 Å². The predicted octanol–water partition coefficient (Wildman–Crippen LogP) is -1.48. The molecule has 0 aliphatic carbocycles. The van der Waals surface area contributed by atoms with Crippen molar-refractivity contribution in [3.8, 4) is 0 Å². The highest BCUT2D eigenvalue weighted by molar-refractivity contribution is 6.07. The summed E-state index contributed by atoms with van der Waals surface area (Å²) in [4.78, 5) is 45.3. The zero-order valence-corrected chi connectivity index (χ0v) is 9.44. The van der Waals surface area contributed by atoms with Gasteiger partial charge in [0.25, 0.3) is 5.91 Å². The molecule has 1 saturated heterocycles. The van der Waals surface area contributed by atoms with E-state index in [0.29, 0.717) is 0 Å². The van der Waals surface area contributed by atoms with Gasteiger partial charge in [0.1, 0.15) is 18.6 Å². The molecule has 94 valence electrons. The van der Waals surface area contributed by atoms with Crippen molar-refractivity contribution in [2.75, 3.05) is 13.1 Å². The van der Waals surface area contributed by atoms with Gasteiger partial charge < -0.3 is 15.3 Å². The van der Waals surface area contributed by atoms with Crippen LogP contribution < -0.4 is 10.6 Å². The molecule has 8 heteroatoms. The topological polar surface area (TPSA) is 116 Å². The normalized spacial score (nSPS) is 17.9. The van der Waals surface area contributed by atoms with Crippen LogP contribution in [0.3, 0.4) is 0 Å². The summed E-state index contributed by atoms with van der Waals surface area (Å²) in [6.45, 7) is 2.11. The highest BCUT2D eigenvalue weighted by Gasteiger charge is 2.46. The third-order valence-electron chi connectivity index (χ3n) is 2.43. The molecule has 0 bridgehead atoms. The van der Waals surface area contributed by atoms with Gasteiger partial charge in [-0.05, 0) is 13.8 Å². The van der Waals surface area contributed by atoms with Crippen molar-refractivity contribution in [3.05, 3.63) is 0 Å². The molecule has 1 fully saturated rings. The number of aliphatic carboxylic acids is 1. The molecule has 8 nitrogen and oxygen atoms in total. The fourth-order valence-electron chi connectivity index (χ4n) is 1.34. The number of urea groups is 1. The van der Waals surface area contributed by atoms with Crippen molar-refractivity contribution in [1.82, 2.24) is 15.5 Å². The second kappa shape index (κ2) is 4.40. The van der Waals surface area contributed by atoms with Gasteiger partial charge in [0.05, 0.1) is 0 Å². The lowest BCUT2D eigenvalue weighted by atomic mass is 10.0. The van der Waals surface area contributed by atoms with Crippen LogP contribution in [0.4, 0.5) is 4.79 Å². The molecule has 3 N–H and O–H groups in total. The minimum atomic E-state index is -1.18. The van der Waals surface area contributed by atoms with Gasteiger partial charge in [0.15, 0.2) is 0 Å². The molecule has 0 atom stereocenters. The van der Waals surface area contributed by atoms with Crippen LogP contribution in [-0.4, -0.2) is 52.4 Å². The van der Waals surface area contributed by atoms with E-state index >= 15 is 0 Å². The van der Waals surface area contributed by atoms with Crippen molar-refractivity contribution >= 4 is 23.8 Å². The van der Waals surface area contributed by atoms with Crippen LogP contribution in [0, 0.1) is 0 Å². The molecule has 0 radical (unpaired) electrons. The smallest absolute Gasteiger partial charge is 0.325 e. The quantitative estimate of drug-likeness (QED) is 0.520. The minimum Gasteiger partial charge on any atom is -0.480 e. The first kappa shape index (κ1) is 12.9. The number of hydrogen-bond acceptors (Lipinski definition) is 4. The number of carboxylic acids is 1. The monoisotopic (exact) mass is 243 g/mol. The molecule has 0 aromatic carbocycles. The Hall–Kier alpha value is -2.12. The molecule has 0 aromatic heterocycles. The van der Waals surface area contributed by atoms with Crippen LogP contribution in [0.15, 0.2) is 0 Å². The Kier molecular flexibility index (Phi) is 3.35. The van der Waals surface area contributed by atoms with E-state index in [4.69, 9.17) is 5.11 Å². The summed E-state index contributed by atoms with van der Waals surface area (Å²) in [7, 11) is 0. The maximum Gasteiger partial charge on any atom is 0.325 e. The van der Waals surface area contributed by atoms with Gasteiger partial charge in [-0.15, -0.1) is 0 Å². The summed E-state index contributed by atoms with van der Waals surface area (Å²) in [6.07, 6.45) is 0. The molecule has 0 unspecified atom stereocenters. The number of nitrogens with zero attached hydrogens (tertiary/aromatic N) is 1. The van der Waals surface area contributed by atoms with Gasteiger partial charge in [-0.25, -0.2) is 4.79 Å². The van der Waals surface area contributed by atoms with E-state index in [2.05, 4.69) is 10.6 Å². The molecule has 1 rings (SSSR count). The molecular formula is C9H13N3O5. The lowest BCUT2D eigenvalue weighted by Crippen LogP contribution is -2.49. The average Bonchev–Trinajstić information content (AvgIpc) is 2.38. The fourth-order valence-corrected chi connectivity index (χ4v) is 1.34. The second-order valence-corrected chi connectivity index (χ2v) is 4.07. The third kappa shape index (κ3) is 2.71. The number of rotatable bonds is 4. The number of imide groups is 1. The first-order valence-electron chi connectivity index (χ1n) is 4.86. The van der Waals surface area contributed by atoms with E-state index < -0.39 is 35.9 Å². The first-order valence-corrected chi connectivity index (χ1v) is 4.86. The number of carbonyl (C=O) groups excluding carboxylic acids is 3. The summed E-state index contributed by atoms with van der Waals surface area (Å²) in [5.41, 5.74) is -1.11. The number of nitrogens with one attached hydrogen (secondary N) is 2. The Bertz CT molecular complexity index is 390. The summed E-state index contributed by atoms with van der Waals surface area (Å²) >= 11 is 0. The van der Waals surface area contributed by atoms with Crippen molar-refractivity contribution < 1.29 is 24.3 Å². The lowest BCUT2D eigenvalue weighted by molar-refractivity contribution is -0.138. The Morgan fingerprint density at radius 1 is 1.41 bits per heavy atom. The highest BCUT2D eigenvalue weighted by atomic mass is 16.4. The molecule has 17 heavy (non-hydrogen) atoms. The van der Waals surface area contributed by atoms with Crippen LogP contribution in [0.5, 0.6) is 0 Å². The Morgan fingerprint density at radius 3 is 2.41 bits per heavy atom. The van der Waals surface area contributed by atoms with E-state index in [-0.39, 0.29) is 6.54 Å². The number of carboxylic acid groups (broad SMARTS) is 1. The van der Waals surface area contributed by atoms with E-state index in [1.165, 1.54) is 13.8 Å². The molecule has 4 amide bonds. The first-order chi connectivity index (χ1) is 7.75. The molecule has 1 aliphatic rings. The minimum absolute atomic E-state index is 0.363. The van der Waals surface area contributed by atoms with Crippen LogP contribution in [0.1, 0.15) is 13.8 Å². The lowest BCUT2D eigenvalue weighted by Gasteiger charge is -2.26. The predicted molar refractivity (Wildman–Crippen MR) is 55.0 cm³/mol. The van der Waals surface area contributed by atoms with Crippen molar-refractivity contribution in [3.63, 3.8) is 0 Å². The van der Waals surface area contributed by atoms with Crippen molar-refractivity contribution in [1.29, 1.82) is 0 Å². The second-order valence-electron chi connectivity index (χ2n) is 4.07. The highest BCUT2D eigenvalue weighted by Crippen LogP contribution is 2.19. The maximum absolute atomic E-state index is 11.4. The van der Waals surface area contributed by atoms with E-state index in [9.17, 15) is 19.2 Å². The summed E-state index contributed by atoms with van der Waals surface area (Å²) in [5.74, 6) is -2.31. The zero-order chi connectivity index (χ0) is 13.2. The van der Waals surface area contributed by atoms with Crippen LogP contribution >= 0.6 is 0 Å². The summed E-state index contributed by atoms with van der Waals surface area (Å²) < 4.78 is 0. The standard InChI is InChI=1S/C9H13N3O5/c1-9(2)7(16)11-8(17)12(9)4-5(13)10-3-6(14)15/h3-4H2,1-2H3,(H,10,13)(H,14,15)(H,11,16,17). The average molecular weight is 243 g/mol. The molecular weight excluding hydrogens is 230 g/mol. The summed E-state index contributed by atoms with van der Waals surface area (Å²) in [6, 6.07) is -0.662.